The molecule has 12 nitrogen and oxygen atoms in total. The highest BCUT2D eigenvalue weighted by molar-refractivity contribution is 6.67. The average molecular weight is 705 g/mol. The number of carbonyl (C=O) groups is 2. The van der Waals surface area contributed by atoms with Crippen LogP contribution in [-0.4, -0.2) is 130 Å². The van der Waals surface area contributed by atoms with E-state index in [0.29, 0.717) is 5.57 Å². The summed E-state index contributed by atoms with van der Waals surface area (Å²) >= 11 is 4.87. The number of ether oxygens (including phenoxy) is 7. The lowest BCUT2D eigenvalue weighted by atomic mass is 10.4. The van der Waals surface area contributed by atoms with Crippen LogP contribution >= 0.6 is 11.6 Å². The van der Waals surface area contributed by atoms with Crippen LogP contribution in [0, 0.1) is 0 Å². The summed E-state index contributed by atoms with van der Waals surface area (Å²) in [5.41, 5.74) is 0.507. The van der Waals surface area contributed by atoms with E-state index in [0.717, 1.165) is 0 Å². The Morgan fingerprint density at radius 1 is 0.578 bits per heavy atom. The monoisotopic (exact) mass is 704 g/mol. The molecule has 0 spiro atoms. The molecule has 0 unspecified atom stereocenters. The van der Waals surface area contributed by atoms with E-state index in [1.54, 1.807) is 6.92 Å². The maximum Gasteiger partial charge on any atom is 0.383 e. The maximum atomic E-state index is 13.1. The van der Waals surface area contributed by atoms with Crippen LogP contribution in [0.1, 0.15) is 13.8 Å². The van der Waals surface area contributed by atoms with E-state index >= 15 is 0 Å². The lowest BCUT2D eigenvalue weighted by Crippen LogP contribution is -2.40. The third kappa shape index (κ3) is 33.2. The van der Waals surface area contributed by atoms with Gasteiger partial charge in [0.25, 0.3) is 0 Å². The zero-order valence-electron chi connectivity index (χ0n) is 24.3. The molecular weight excluding hydrogens is 668 g/mol. The normalized spacial score (nSPS) is 12.0. The van der Waals surface area contributed by atoms with Crippen molar-refractivity contribution in [1.82, 2.24) is 0 Å². The molecule has 0 aromatic rings. The van der Waals surface area contributed by atoms with Crippen LogP contribution in [0.3, 0.4) is 0 Å². The molecule has 0 amide bonds. The highest BCUT2D eigenvalue weighted by Gasteiger charge is 2.45. The number of carbonyl (C=O) groups excluding carboxylic acids is 2. The molecule has 0 saturated carbocycles. The second-order valence-electron chi connectivity index (χ2n) is 8.10. The van der Waals surface area contributed by atoms with Crippen LogP contribution in [0.25, 0.3) is 0 Å². The van der Waals surface area contributed by atoms with Gasteiger partial charge in [-0.15, -0.1) is 0 Å². The largest absolute Gasteiger partial charge is 0.460 e. The Balaban J connectivity index is -0.000000677. The summed E-state index contributed by atoms with van der Waals surface area (Å²) < 4.78 is 131. The molecule has 268 valence electrons. The molecule has 0 saturated heterocycles. The first kappa shape index (κ1) is 47.4. The van der Waals surface area contributed by atoms with Gasteiger partial charge in [-0.3, -0.25) is 14.3 Å². The van der Waals surface area contributed by atoms with Gasteiger partial charge >= 0.3 is 30.4 Å². The summed E-state index contributed by atoms with van der Waals surface area (Å²) in [7, 11) is 0. The van der Waals surface area contributed by atoms with Crippen LogP contribution in [0.15, 0.2) is 24.3 Å². The van der Waals surface area contributed by atoms with E-state index in [9.17, 15) is 44.7 Å². The van der Waals surface area contributed by atoms with Crippen molar-refractivity contribution < 1.29 is 93.2 Å². The van der Waals surface area contributed by atoms with Gasteiger partial charge in [0.2, 0.25) is 5.24 Å². The molecule has 0 aliphatic carbocycles. The second-order valence-corrected chi connectivity index (χ2v) is 8.45. The van der Waals surface area contributed by atoms with Crippen molar-refractivity contribution in [1.29, 1.82) is 0 Å². The van der Waals surface area contributed by atoms with Crippen LogP contribution in [-0.2, 0) is 42.7 Å². The Kier molecular flexibility index (Phi) is 26.5. The molecule has 21 heteroatoms. The Labute approximate surface area is 258 Å². The van der Waals surface area contributed by atoms with Crippen molar-refractivity contribution in [2.45, 2.75) is 38.3 Å². The van der Waals surface area contributed by atoms with Crippen LogP contribution in [0.2, 0.25) is 0 Å². The number of esters is 1. The maximum absolute atomic E-state index is 13.1. The fourth-order valence-electron chi connectivity index (χ4n) is 1.83. The van der Waals surface area contributed by atoms with Gasteiger partial charge in [-0.05, 0) is 25.4 Å². The predicted octanol–water partition coefficient (Wildman–Crippen LogP) is 2.87. The molecule has 0 heterocycles. The number of aliphatic hydroxyl groups excluding tert-OH is 3. The molecule has 0 bridgehead atoms. The summed E-state index contributed by atoms with van der Waals surface area (Å²) in [5.74, 6) is -0.723. The first-order chi connectivity index (χ1) is 20.6. The number of hydrogen-bond acceptors (Lipinski definition) is 12. The summed E-state index contributed by atoms with van der Waals surface area (Å²) in [6.45, 7) is 0.285. The third-order valence-corrected chi connectivity index (χ3v) is 3.85. The minimum Gasteiger partial charge on any atom is -0.460 e. The molecule has 3 N–H and O–H groups in total. The second kappa shape index (κ2) is 25.1. The molecule has 0 atom stereocenters. The highest BCUT2D eigenvalue weighted by atomic mass is 35.5. The van der Waals surface area contributed by atoms with E-state index in [1.807, 2.05) is 0 Å². The fraction of sp³-hybridized carbons (Fsp3) is 0.750. The topological polar surface area (TPSA) is 159 Å². The van der Waals surface area contributed by atoms with Crippen LogP contribution in [0.5, 0.6) is 0 Å². The molecule has 0 rings (SSSR count). The minimum atomic E-state index is -4.26. The van der Waals surface area contributed by atoms with Gasteiger partial charge in [-0.25, -0.2) is 4.79 Å². The quantitative estimate of drug-likeness (QED) is 0.0470. The standard InChI is InChI=1S/C12H18F4O6.C8H14F4O5.C4H5ClO/c1-9(2)10(18)21-6-5-20-8-12(15,16)22-11(13,14)7-19-4-3-17;9-7(10,5-15-3-1-13)17-8(11,12)6-16-4-2-14;1-3(2)4(5)6/h17H,1,3-8H2,2H3;13-14H,1-6H2;1H2,2H3. The molecular formula is C24H37ClF8O12. The van der Waals surface area contributed by atoms with E-state index in [1.165, 1.54) is 6.92 Å². The van der Waals surface area contributed by atoms with Gasteiger partial charge in [0.1, 0.15) is 33.0 Å². The highest BCUT2D eigenvalue weighted by Crippen LogP contribution is 2.28. The third-order valence-electron chi connectivity index (χ3n) is 3.53. The van der Waals surface area contributed by atoms with Crippen molar-refractivity contribution in [3.05, 3.63) is 24.3 Å². The zero-order chi connectivity index (χ0) is 35.7. The number of aliphatic hydroxyl groups is 3. The van der Waals surface area contributed by atoms with Crippen molar-refractivity contribution in [3.63, 3.8) is 0 Å². The molecule has 0 aromatic heterocycles. The predicted molar refractivity (Wildman–Crippen MR) is 138 cm³/mol. The number of allylic oxidation sites excluding steroid dienone is 1. The van der Waals surface area contributed by atoms with E-state index in [-0.39, 0.29) is 12.2 Å². The van der Waals surface area contributed by atoms with E-state index in [4.69, 9.17) is 26.9 Å². The lowest BCUT2D eigenvalue weighted by Gasteiger charge is -2.23. The average Bonchev–Trinajstić information content (AvgIpc) is 2.87. The van der Waals surface area contributed by atoms with Crippen molar-refractivity contribution >= 4 is 22.8 Å². The van der Waals surface area contributed by atoms with Gasteiger partial charge < -0.3 is 39.0 Å². The van der Waals surface area contributed by atoms with Crippen molar-refractivity contribution in [3.8, 4) is 0 Å². The summed E-state index contributed by atoms with van der Waals surface area (Å²) in [5, 5.41) is 24.3. The number of alkyl halides is 8. The molecule has 0 aliphatic rings. The smallest absolute Gasteiger partial charge is 0.383 e. The first-order valence-corrected chi connectivity index (χ1v) is 12.7. The van der Waals surface area contributed by atoms with Gasteiger partial charge in [0.05, 0.1) is 46.2 Å². The lowest BCUT2D eigenvalue weighted by molar-refractivity contribution is -0.394. The number of halogens is 9. The number of hydrogen-bond donors (Lipinski definition) is 3. The van der Waals surface area contributed by atoms with E-state index < -0.39 is 108 Å². The van der Waals surface area contributed by atoms with Crippen LogP contribution < -0.4 is 0 Å². The first-order valence-electron chi connectivity index (χ1n) is 12.3. The fourth-order valence-corrected chi connectivity index (χ4v) is 1.83. The van der Waals surface area contributed by atoms with Gasteiger partial charge in [0, 0.05) is 11.1 Å². The van der Waals surface area contributed by atoms with E-state index in [2.05, 4.69) is 46.3 Å². The van der Waals surface area contributed by atoms with Gasteiger partial charge in [-0.2, -0.15) is 35.1 Å². The van der Waals surface area contributed by atoms with Gasteiger partial charge in [0.15, 0.2) is 0 Å². The molecule has 0 fully saturated rings. The Morgan fingerprint density at radius 2 is 0.844 bits per heavy atom. The summed E-state index contributed by atoms with van der Waals surface area (Å²) in [4.78, 5) is 20.7. The molecule has 0 aromatic carbocycles. The molecule has 0 radical (unpaired) electrons. The van der Waals surface area contributed by atoms with Gasteiger partial charge in [-0.1, -0.05) is 13.2 Å². The summed E-state index contributed by atoms with van der Waals surface area (Å²) in [6, 6.07) is 0. The Bertz CT molecular complexity index is 819. The zero-order valence-corrected chi connectivity index (χ0v) is 25.1. The van der Waals surface area contributed by atoms with Crippen LogP contribution in [0.4, 0.5) is 35.1 Å². The Morgan fingerprint density at radius 3 is 1.07 bits per heavy atom. The Hall–Kier alpha value is -2.01. The summed E-state index contributed by atoms with van der Waals surface area (Å²) in [6.07, 6.45) is -16.9. The number of rotatable bonds is 23. The van der Waals surface area contributed by atoms with Crippen molar-refractivity contribution in [2.75, 3.05) is 79.3 Å². The van der Waals surface area contributed by atoms with Crippen molar-refractivity contribution in [2.24, 2.45) is 0 Å². The SMILES string of the molecule is C=C(C)C(=O)Cl.C=C(C)C(=O)OCCOCC(F)(F)OC(F)(F)COCCO.OCCOCC(F)(F)OC(F)(F)COCCO. The molecule has 0 aliphatic heterocycles. The minimum absolute atomic E-state index is 0.121. The molecule has 45 heavy (non-hydrogen) atoms.